The van der Waals surface area contributed by atoms with E-state index in [2.05, 4.69) is 19.8 Å². The van der Waals surface area contributed by atoms with E-state index in [1.54, 1.807) is 12.4 Å². The Morgan fingerprint density at radius 1 is 1.10 bits per heavy atom. The topological polar surface area (TPSA) is 131 Å². The number of nitrogen functional groups attached to an aromatic ring is 1. The second kappa shape index (κ2) is 7.29. The Labute approximate surface area is 174 Å². The van der Waals surface area contributed by atoms with Crippen LogP contribution in [0, 0.1) is 0 Å². The number of nitrogens with zero attached hydrogens (tertiary/aromatic N) is 7. The zero-order valence-corrected chi connectivity index (χ0v) is 17.5. The molecule has 12 heteroatoms. The molecule has 0 unspecified atom stereocenters. The van der Waals surface area contributed by atoms with E-state index in [0.717, 1.165) is 48.7 Å². The van der Waals surface area contributed by atoms with Gasteiger partial charge in [0.05, 0.1) is 31.2 Å². The van der Waals surface area contributed by atoms with E-state index < -0.39 is 10.0 Å². The molecular formula is C18H24N8O3S. The Morgan fingerprint density at radius 2 is 1.80 bits per heavy atom. The molecule has 2 N–H and O–H groups in total. The van der Waals surface area contributed by atoms with Crippen molar-refractivity contribution >= 4 is 27.7 Å². The zero-order valence-electron chi connectivity index (χ0n) is 16.7. The molecule has 11 nitrogen and oxygen atoms in total. The largest absolute Gasteiger partial charge is 0.378 e. The van der Waals surface area contributed by atoms with Gasteiger partial charge >= 0.3 is 0 Å². The maximum atomic E-state index is 11.8. The predicted molar refractivity (Wildman–Crippen MR) is 112 cm³/mol. The van der Waals surface area contributed by atoms with Gasteiger partial charge in [-0.15, -0.1) is 0 Å². The summed E-state index contributed by atoms with van der Waals surface area (Å²) in [7, 11) is -3.16. The van der Waals surface area contributed by atoms with Crippen molar-refractivity contribution in [3.05, 3.63) is 18.0 Å². The van der Waals surface area contributed by atoms with Gasteiger partial charge in [0.2, 0.25) is 21.9 Å². The summed E-state index contributed by atoms with van der Waals surface area (Å²) in [6.07, 6.45) is 5.41. The lowest BCUT2D eigenvalue weighted by Gasteiger charge is -2.43. The number of hydrogen-bond acceptors (Lipinski definition) is 10. The standard InChI is InChI=1S/C18H24N8O3S/c1-30(27,28)25-10-13(11-25)26-3-2-14-15(12-8-20-17(19)21-9-12)22-18(23-16(14)26)24-4-6-29-7-5-24/h8-9,13H,2-7,10-11H2,1H3,(H2,19,20,21). The summed E-state index contributed by atoms with van der Waals surface area (Å²) < 4.78 is 30.5. The Morgan fingerprint density at radius 3 is 2.47 bits per heavy atom. The molecule has 160 valence electrons. The van der Waals surface area contributed by atoms with Gasteiger partial charge < -0.3 is 20.3 Å². The fraction of sp³-hybridized carbons (Fsp3) is 0.556. The Hall–Kier alpha value is -2.57. The molecule has 3 aliphatic rings. The number of sulfonamides is 1. The van der Waals surface area contributed by atoms with E-state index in [0.29, 0.717) is 32.3 Å². The number of aromatic nitrogens is 4. The number of anilines is 3. The molecule has 0 spiro atoms. The van der Waals surface area contributed by atoms with Crippen LogP contribution in [0.2, 0.25) is 0 Å². The monoisotopic (exact) mass is 432 g/mol. The second-order valence-corrected chi connectivity index (χ2v) is 9.76. The highest BCUT2D eigenvalue weighted by atomic mass is 32.2. The summed E-state index contributed by atoms with van der Waals surface area (Å²) in [6, 6.07) is 0.115. The molecule has 3 aliphatic heterocycles. The van der Waals surface area contributed by atoms with E-state index >= 15 is 0 Å². The van der Waals surface area contributed by atoms with Crippen LogP contribution < -0.4 is 15.5 Å². The minimum atomic E-state index is -3.16. The summed E-state index contributed by atoms with van der Waals surface area (Å²) in [4.78, 5) is 22.4. The van der Waals surface area contributed by atoms with Crippen LogP contribution in [-0.2, 0) is 21.2 Å². The number of hydrogen-bond donors (Lipinski definition) is 1. The molecule has 0 atom stereocenters. The minimum Gasteiger partial charge on any atom is -0.378 e. The summed E-state index contributed by atoms with van der Waals surface area (Å²) in [6.45, 7) is 4.46. The summed E-state index contributed by atoms with van der Waals surface area (Å²) in [5.74, 6) is 1.74. The van der Waals surface area contributed by atoms with Gasteiger partial charge in [0.25, 0.3) is 0 Å². The van der Waals surface area contributed by atoms with Crippen LogP contribution in [0.15, 0.2) is 12.4 Å². The van der Waals surface area contributed by atoms with Gasteiger partial charge in [0, 0.05) is 56.2 Å². The van der Waals surface area contributed by atoms with Crippen LogP contribution in [0.3, 0.4) is 0 Å². The molecule has 30 heavy (non-hydrogen) atoms. The van der Waals surface area contributed by atoms with Crippen LogP contribution in [0.25, 0.3) is 11.3 Å². The van der Waals surface area contributed by atoms with Crippen molar-refractivity contribution in [3.8, 4) is 11.3 Å². The highest BCUT2D eigenvalue weighted by Crippen LogP contribution is 2.38. The highest BCUT2D eigenvalue weighted by Gasteiger charge is 2.41. The number of rotatable bonds is 4. The Bertz CT molecular complexity index is 1050. The maximum absolute atomic E-state index is 11.8. The Kier molecular flexibility index (Phi) is 4.71. The van der Waals surface area contributed by atoms with Crippen molar-refractivity contribution in [2.45, 2.75) is 12.5 Å². The number of morpholine rings is 1. The molecule has 2 aromatic heterocycles. The van der Waals surface area contributed by atoms with Gasteiger partial charge in [-0.25, -0.2) is 23.4 Å². The lowest BCUT2D eigenvalue weighted by molar-refractivity contribution is 0.122. The van der Waals surface area contributed by atoms with Crippen LogP contribution in [0.4, 0.5) is 17.7 Å². The molecule has 2 saturated heterocycles. The van der Waals surface area contributed by atoms with Gasteiger partial charge in [-0.05, 0) is 6.42 Å². The molecule has 0 amide bonds. The molecule has 0 aliphatic carbocycles. The van der Waals surface area contributed by atoms with E-state index in [-0.39, 0.29) is 12.0 Å². The lowest BCUT2D eigenvalue weighted by atomic mass is 10.1. The van der Waals surface area contributed by atoms with Crippen LogP contribution in [-0.4, -0.2) is 90.9 Å². The highest BCUT2D eigenvalue weighted by molar-refractivity contribution is 7.88. The maximum Gasteiger partial charge on any atom is 0.228 e. The van der Waals surface area contributed by atoms with Gasteiger partial charge in [-0.3, -0.25) is 0 Å². The minimum absolute atomic E-state index is 0.115. The normalized spacial score (nSPS) is 20.3. The third-order valence-electron chi connectivity index (χ3n) is 5.83. The van der Waals surface area contributed by atoms with Crippen LogP contribution in [0.1, 0.15) is 5.56 Å². The van der Waals surface area contributed by atoms with Crippen molar-refractivity contribution in [2.24, 2.45) is 0 Å². The lowest BCUT2D eigenvalue weighted by Crippen LogP contribution is -2.60. The second-order valence-electron chi connectivity index (χ2n) is 7.78. The number of fused-ring (bicyclic) bond motifs is 1. The molecule has 0 saturated carbocycles. The first-order valence-corrected chi connectivity index (χ1v) is 11.8. The van der Waals surface area contributed by atoms with E-state index in [4.69, 9.17) is 20.4 Å². The van der Waals surface area contributed by atoms with E-state index in [1.165, 1.54) is 10.6 Å². The molecule has 2 aromatic rings. The molecule has 5 rings (SSSR count). The van der Waals surface area contributed by atoms with Gasteiger partial charge in [0.15, 0.2) is 0 Å². The average Bonchev–Trinajstić information content (AvgIpc) is 3.10. The fourth-order valence-corrected chi connectivity index (χ4v) is 5.00. The fourth-order valence-electron chi connectivity index (χ4n) is 4.11. The third-order valence-corrected chi connectivity index (χ3v) is 7.06. The SMILES string of the molecule is CS(=O)(=O)N1CC(N2CCc3c(-c4cnc(N)nc4)nc(N4CCOCC4)nc32)C1. The molecule has 0 radical (unpaired) electrons. The quantitative estimate of drug-likeness (QED) is 0.665. The first-order chi connectivity index (χ1) is 14.4. The third kappa shape index (κ3) is 3.44. The zero-order chi connectivity index (χ0) is 20.9. The van der Waals surface area contributed by atoms with Crippen molar-refractivity contribution in [3.63, 3.8) is 0 Å². The van der Waals surface area contributed by atoms with Crippen LogP contribution >= 0.6 is 0 Å². The van der Waals surface area contributed by atoms with Crippen molar-refractivity contribution in [1.82, 2.24) is 24.2 Å². The molecule has 0 bridgehead atoms. The van der Waals surface area contributed by atoms with E-state index in [9.17, 15) is 8.42 Å². The first-order valence-electron chi connectivity index (χ1n) is 9.93. The Balaban J connectivity index is 1.52. The van der Waals surface area contributed by atoms with Gasteiger partial charge in [-0.1, -0.05) is 0 Å². The molecule has 0 aromatic carbocycles. The first kappa shape index (κ1) is 19.4. The summed E-state index contributed by atoms with van der Waals surface area (Å²) in [5, 5.41) is 0. The predicted octanol–water partition coefficient (Wildman–Crippen LogP) is -0.641. The summed E-state index contributed by atoms with van der Waals surface area (Å²) in [5.41, 5.74) is 8.31. The summed E-state index contributed by atoms with van der Waals surface area (Å²) >= 11 is 0. The number of nitrogens with two attached hydrogens (primary N) is 1. The molecular weight excluding hydrogens is 408 g/mol. The van der Waals surface area contributed by atoms with Gasteiger partial charge in [-0.2, -0.15) is 9.29 Å². The molecule has 2 fully saturated rings. The van der Waals surface area contributed by atoms with E-state index in [1.807, 2.05) is 0 Å². The van der Waals surface area contributed by atoms with Crippen molar-refractivity contribution < 1.29 is 13.2 Å². The van der Waals surface area contributed by atoms with Crippen molar-refractivity contribution in [2.75, 3.05) is 67.7 Å². The molecule has 5 heterocycles. The van der Waals surface area contributed by atoms with Crippen molar-refractivity contribution in [1.29, 1.82) is 0 Å². The smallest absolute Gasteiger partial charge is 0.228 e. The average molecular weight is 433 g/mol. The number of ether oxygens (including phenoxy) is 1. The van der Waals surface area contributed by atoms with Gasteiger partial charge in [0.1, 0.15) is 5.82 Å². The van der Waals surface area contributed by atoms with Crippen LogP contribution in [0.5, 0.6) is 0 Å².